The fourth-order valence-corrected chi connectivity index (χ4v) is 3.33. The van der Waals surface area contributed by atoms with Gasteiger partial charge in [0, 0.05) is 32.9 Å². The van der Waals surface area contributed by atoms with Crippen LogP contribution in [0, 0.1) is 0 Å². The second-order valence-electron chi connectivity index (χ2n) is 6.61. The maximum absolute atomic E-state index is 12.4. The highest BCUT2D eigenvalue weighted by Crippen LogP contribution is 2.34. The van der Waals surface area contributed by atoms with Crippen molar-refractivity contribution < 1.29 is 14.3 Å². The number of carbonyl (C=O) groups is 1. The Hall–Kier alpha value is -3.65. The number of hydrogen-bond donors (Lipinski definition) is 2. The van der Waals surface area contributed by atoms with Gasteiger partial charge in [0.15, 0.2) is 11.5 Å². The third kappa shape index (κ3) is 4.59. The summed E-state index contributed by atoms with van der Waals surface area (Å²) in [4.78, 5) is 21.0. The summed E-state index contributed by atoms with van der Waals surface area (Å²) in [6.07, 6.45) is 1.49. The van der Waals surface area contributed by atoms with Crippen molar-refractivity contribution in [3.63, 3.8) is 0 Å². The van der Waals surface area contributed by atoms with Crippen LogP contribution < -0.4 is 20.1 Å². The molecule has 0 aliphatic carbocycles. The van der Waals surface area contributed by atoms with E-state index in [1.807, 2.05) is 48.5 Å². The number of ether oxygens (including phenoxy) is 2. The van der Waals surface area contributed by atoms with Crippen LogP contribution in [0.25, 0.3) is 10.9 Å². The van der Waals surface area contributed by atoms with Crippen molar-refractivity contribution in [2.75, 3.05) is 24.9 Å². The Balaban J connectivity index is 1.53. The van der Waals surface area contributed by atoms with Crippen LogP contribution in [0.3, 0.4) is 0 Å². The lowest BCUT2D eigenvalue weighted by Gasteiger charge is -2.12. The summed E-state index contributed by atoms with van der Waals surface area (Å²) in [5.74, 6) is 1.66. The molecule has 0 saturated heterocycles. The third-order valence-corrected chi connectivity index (χ3v) is 5.18. The molecule has 0 bridgehead atoms. The Morgan fingerprint density at radius 2 is 1.52 bits per heavy atom. The van der Waals surface area contributed by atoms with E-state index in [1.165, 1.54) is 6.33 Å². The second-order valence-corrected chi connectivity index (χ2v) is 7.53. The van der Waals surface area contributed by atoms with Crippen molar-refractivity contribution in [3.05, 3.63) is 77.0 Å². The normalized spacial score (nSPS) is 10.5. The average molecular weight is 479 g/mol. The predicted molar refractivity (Wildman–Crippen MR) is 124 cm³/mol. The first kappa shape index (κ1) is 20.6. The van der Waals surface area contributed by atoms with E-state index in [9.17, 15) is 4.79 Å². The van der Waals surface area contributed by atoms with E-state index in [-0.39, 0.29) is 5.91 Å². The summed E-state index contributed by atoms with van der Waals surface area (Å²) in [6, 6.07) is 18.2. The molecule has 0 aliphatic heterocycles. The van der Waals surface area contributed by atoms with Gasteiger partial charge in [-0.15, -0.1) is 0 Å². The number of rotatable bonds is 6. The quantitative estimate of drug-likeness (QED) is 0.385. The van der Waals surface area contributed by atoms with Crippen molar-refractivity contribution >= 4 is 49.9 Å². The van der Waals surface area contributed by atoms with E-state index in [2.05, 4.69) is 36.5 Å². The Morgan fingerprint density at radius 1 is 0.871 bits per heavy atom. The number of carbonyl (C=O) groups excluding carboxylic acids is 1. The smallest absolute Gasteiger partial charge is 0.255 e. The number of benzene rings is 3. The van der Waals surface area contributed by atoms with Gasteiger partial charge in [-0.05, 0) is 54.6 Å². The van der Waals surface area contributed by atoms with Crippen LogP contribution in [0.15, 0.2) is 71.5 Å². The summed E-state index contributed by atoms with van der Waals surface area (Å²) in [5.41, 5.74) is 2.82. The summed E-state index contributed by atoms with van der Waals surface area (Å²) < 4.78 is 11.7. The van der Waals surface area contributed by atoms with Crippen molar-refractivity contribution in [1.29, 1.82) is 0 Å². The van der Waals surface area contributed by atoms with E-state index < -0.39 is 0 Å². The van der Waals surface area contributed by atoms with E-state index >= 15 is 0 Å². The molecule has 0 unspecified atom stereocenters. The molecule has 4 rings (SSSR count). The zero-order valence-corrected chi connectivity index (χ0v) is 18.4. The van der Waals surface area contributed by atoms with Crippen molar-refractivity contribution in [1.82, 2.24) is 9.97 Å². The Morgan fingerprint density at radius 3 is 2.19 bits per heavy atom. The number of aromatic nitrogens is 2. The first-order valence-corrected chi connectivity index (χ1v) is 10.2. The van der Waals surface area contributed by atoms with Gasteiger partial charge < -0.3 is 20.1 Å². The van der Waals surface area contributed by atoms with Crippen molar-refractivity contribution in [2.45, 2.75) is 0 Å². The molecule has 1 aromatic heterocycles. The van der Waals surface area contributed by atoms with Crippen LogP contribution in [0.5, 0.6) is 11.5 Å². The second kappa shape index (κ2) is 9.01. The van der Waals surface area contributed by atoms with Gasteiger partial charge in [-0.25, -0.2) is 9.97 Å². The molecular weight excluding hydrogens is 460 g/mol. The average Bonchev–Trinajstić information content (AvgIpc) is 2.80. The molecule has 2 N–H and O–H groups in total. The van der Waals surface area contributed by atoms with Gasteiger partial charge in [-0.2, -0.15) is 0 Å². The molecule has 1 amide bonds. The van der Waals surface area contributed by atoms with Crippen LogP contribution >= 0.6 is 15.9 Å². The molecular formula is C23H19BrN4O3. The minimum atomic E-state index is -0.170. The van der Waals surface area contributed by atoms with Gasteiger partial charge in [-0.1, -0.05) is 15.9 Å². The monoisotopic (exact) mass is 478 g/mol. The molecule has 0 saturated carbocycles. The molecule has 1 heterocycles. The van der Waals surface area contributed by atoms with E-state index in [0.29, 0.717) is 28.6 Å². The highest BCUT2D eigenvalue weighted by atomic mass is 79.9. The highest BCUT2D eigenvalue weighted by molar-refractivity contribution is 9.10. The SMILES string of the molecule is COc1cc2ncnc(Nc3ccc(NC(=O)c4ccc(Br)cc4)cc3)c2cc1OC. The topological polar surface area (TPSA) is 85.4 Å². The molecule has 156 valence electrons. The fraction of sp³-hybridized carbons (Fsp3) is 0.0870. The van der Waals surface area contributed by atoms with E-state index in [1.54, 1.807) is 26.4 Å². The van der Waals surface area contributed by atoms with Gasteiger partial charge in [0.05, 0.1) is 19.7 Å². The molecule has 7 nitrogen and oxygen atoms in total. The lowest BCUT2D eigenvalue weighted by Crippen LogP contribution is -2.11. The number of nitrogens with one attached hydrogen (secondary N) is 2. The van der Waals surface area contributed by atoms with E-state index in [0.717, 1.165) is 21.1 Å². The van der Waals surface area contributed by atoms with Crippen LogP contribution in [-0.4, -0.2) is 30.1 Å². The minimum absolute atomic E-state index is 0.170. The number of amides is 1. The summed E-state index contributed by atoms with van der Waals surface area (Å²) in [6.45, 7) is 0. The Kier molecular flexibility index (Phi) is 5.99. The van der Waals surface area contributed by atoms with Gasteiger partial charge in [-0.3, -0.25) is 4.79 Å². The molecule has 0 spiro atoms. The first-order valence-electron chi connectivity index (χ1n) is 9.38. The summed E-state index contributed by atoms with van der Waals surface area (Å²) in [7, 11) is 3.17. The number of nitrogens with zero attached hydrogens (tertiary/aromatic N) is 2. The zero-order valence-electron chi connectivity index (χ0n) is 16.8. The minimum Gasteiger partial charge on any atom is -0.493 e. The number of fused-ring (bicyclic) bond motifs is 1. The third-order valence-electron chi connectivity index (χ3n) is 4.65. The maximum atomic E-state index is 12.4. The molecule has 0 fully saturated rings. The van der Waals surface area contributed by atoms with Gasteiger partial charge >= 0.3 is 0 Å². The molecule has 0 radical (unpaired) electrons. The first-order chi connectivity index (χ1) is 15.1. The van der Waals surface area contributed by atoms with Crippen molar-refractivity contribution in [2.24, 2.45) is 0 Å². The molecule has 31 heavy (non-hydrogen) atoms. The summed E-state index contributed by atoms with van der Waals surface area (Å²) in [5, 5.41) is 6.98. The number of hydrogen-bond acceptors (Lipinski definition) is 6. The van der Waals surface area contributed by atoms with E-state index in [4.69, 9.17) is 9.47 Å². The van der Waals surface area contributed by atoms with Gasteiger partial charge in [0.1, 0.15) is 12.1 Å². The van der Waals surface area contributed by atoms with Gasteiger partial charge in [0.25, 0.3) is 5.91 Å². The number of halogens is 1. The van der Waals surface area contributed by atoms with Crippen LogP contribution in [0.1, 0.15) is 10.4 Å². The molecule has 0 atom stereocenters. The van der Waals surface area contributed by atoms with Crippen molar-refractivity contribution in [3.8, 4) is 11.5 Å². The molecule has 4 aromatic rings. The van der Waals surface area contributed by atoms with Crippen LogP contribution in [0.4, 0.5) is 17.2 Å². The summed E-state index contributed by atoms with van der Waals surface area (Å²) >= 11 is 3.37. The zero-order chi connectivity index (χ0) is 21.8. The van der Waals surface area contributed by atoms with Gasteiger partial charge in [0.2, 0.25) is 0 Å². The lowest BCUT2D eigenvalue weighted by atomic mass is 10.2. The number of methoxy groups -OCH3 is 2. The largest absolute Gasteiger partial charge is 0.493 e. The number of anilines is 3. The standard InChI is InChI=1S/C23H19BrN4O3/c1-30-20-11-18-19(12-21(20)31-2)25-13-26-22(18)27-16-7-9-17(10-8-16)28-23(29)14-3-5-15(24)6-4-14/h3-13H,1-2H3,(H,28,29)(H,25,26,27). The van der Waals surface area contributed by atoms with Crippen LogP contribution in [-0.2, 0) is 0 Å². The Labute approximate surface area is 187 Å². The maximum Gasteiger partial charge on any atom is 0.255 e. The van der Waals surface area contributed by atoms with Crippen LogP contribution in [0.2, 0.25) is 0 Å². The predicted octanol–water partition coefficient (Wildman–Crippen LogP) is 5.41. The fourth-order valence-electron chi connectivity index (χ4n) is 3.06. The Bertz CT molecular complexity index is 1230. The lowest BCUT2D eigenvalue weighted by molar-refractivity contribution is 0.102. The highest BCUT2D eigenvalue weighted by Gasteiger charge is 2.11. The molecule has 0 aliphatic rings. The molecule has 8 heteroatoms. The molecule has 3 aromatic carbocycles.